The van der Waals surface area contributed by atoms with Crippen molar-refractivity contribution in [3.05, 3.63) is 45.1 Å². The van der Waals surface area contributed by atoms with Crippen molar-refractivity contribution in [1.82, 2.24) is 9.36 Å². The van der Waals surface area contributed by atoms with Crippen LogP contribution in [-0.2, 0) is 6.54 Å². The average molecular weight is 298 g/mol. The molecule has 0 unspecified atom stereocenters. The monoisotopic (exact) mass is 297 g/mol. The molecule has 0 fully saturated rings. The molecule has 0 amide bonds. The smallest absolute Gasteiger partial charge is 0.294 e. The lowest BCUT2D eigenvalue weighted by Gasteiger charge is -2.15. The molecule has 0 atom stereocenters. The molecular weight excluding hydrogens is 281 g/mol. The molecule has 2 aromatic rings. The molecule has 0 saturated heterocycles. The van der Waals surface area contributed by atoms with Crippen molar-refractivity contribution in [2.45, 2.75) is 33.2 Å². The molecule has 1 aromatic heterocycles. The molecule has 20 heavy (non-hydrogen) atoms. The first-order chi connectivity index (χ1) is 9.38. The van der Waals surface area contributed by atoms with Gasteiger partial charge in [-0.2, -0.15) is 0 Å². The number of halogens is 2. The van der Waals surface area contributed by atoms with Gasteiger partial charge in [-0.1, -0.05) is 25.4 Å². The third-order valence-corrected chi connectivity index (χ3v) is 3.52. The Morgan fingerprint density at radius 1 is 1.40 bits per heavy atom. The Kier molecular flexibility index (Phi) is 3.90. The Morgan fingerprint density at radius 2 is 2.05 bits per heavy atom. The number of rotatable bonds is 3. The lowest BCUT2D eigenvalue weighted by atomic mass is 10.1. The fraction of sp³-hybridized carbons (Fsp3) is 0.357. The summed E-state index contributed by atoms with van der Waals surface area (Å²) < 4.78 is 16.8. The zero-order chi connectivity index (χ0) is 15.0. The summed E-state index contributed by atoms with van der Waals surface area (Å²) in [6.45, 7) is 6.39. The molecule has 2 N–H and O–H groups in total. The van der Waals surface area contributed by atoms with Crippen LogP contribution in [0.4, 0.5) is 10.1 Å². The number of nitrogen functional groups attached to an aromatic ring is 1. The Balaban J connectivity index is 2.77. The molecule has 0 aliphatic rings. The van der Waals surface area contributed by atoms with Gasteiger partial charge in [0.15, 0.2) is 0 Å². The second kappa shape index (κ2) is 5.32. The van der Waals surface area contributed by atoms with Crippen LogP contribution in [0.1, 0.15) is 32.4 Å². The zero-order valence-corrected chi connectivity index (χ0v) is 12.4. The van der Waals surface area contributed by atoms with Gasteiger partial charge in [-0.25, -0.2) is 9.07 Å². The van der Waals surface area contributed by atoms with E-state index in [2.05, 4.69) is 0 Å². The van der Waals surface area contributed by atoms with E-state index >= 15 is 0 Å². The second-order valence-corrected chi connectivity index (χ2v) is 5.29. The molecule has 2 rings (SSSR count). The fourth-order valence-corrected chi connectivity index (χ4v) is 2.49. The minimum absolute atomic E-state index is 0.0217. The molecule has 0 bridgehead atoms. The van der Waals surface area contributed by atoms with Gasteiger partial charge < -0.3 is 5.73 Å². The van der Waals surface area contributed by atoms with E-state index in [1.54, 1.807) is 10.7 Å². The molecule has 1 aromatic carbocycles. The molecule has 0 aliphatic carbocycles. The van der Waals surface area contributed by atoms with Crippen molar-refractivity contribution in [2.24, 2.45) is 0 Å². The number of hydrogen-bond donors (Lipinski definition) is 1. The van der Waals surface area contributed by atoms with Gasteiger partial charge in [-0.15, -0.1) is 0 Å². The van der Waals surface area contributed by atoms with Crippen LogP contribution < -0.4 is 11.3 Å². The molecule has 6 heteroatoms. The van der Waals surface area contributed by atoms with E-state index in [9.17, 15) is 9.18 Å². The van der Waals surface area contributed by atoms with E-state index in [4.69, 9.17) is 17.3 Å². The summed E-state index contributed by atoms with van der Waals surface area (Å²) >= 11 is 5.67. The molecule has 0 radical (unpaired) electrons. The molecular formula is C14H17ClFN3O. The molecule has 0 aliphatic heterocycles. The third kappa shape index (κ3) is 2.22. The maximum atomic E-state index is 13.6. The highest BCUT2D eigenvalue weighted by atomic mass is 35.5. The predicted octanol–water partition coefficient (Wildman–Crippen LogP) is 3.16. The first kappa shape index (κ1) is 14.7. The van der Waals surface area contributed by atoms with Crippen molar-refractivity contribution >= 4 is 17.3 Å². The summed E-state index contributed by atoms with van der Waals surface area (Å²) in [7, 11) is 0. The van der Waals surface area contributed by atoms with Crippen molar-refractivity contribution in [3.8, 4) is 5.69 Å². The van der Waals surface area contributed by atoms with Crippen LogP contribution in [0.25, 0.3) is 5.69 Å². The lowest BCUT2D eigenvalue weighted by molar-refractivity contribution is 0.531. The fourth-order valence-electron chi connectivity index (χ4n) is 2.37. The van der Waals surface area contributed by atoms with E-state index in [0.29, 0.717) is 12.2 Å². The average Bonchev–Trinajstić information content (AvgIpc) is 2.65. The Bertz CT molecular complexity index is 703. The Morgan fingerprint density at radius 3 is 2.55 bits per heavy atom. The maximum absolute atomic E-state index is 13.6. The highest BCUT2D eigenvalue weighted by Crippen LogP contribution is 2.23. The summed E-state index contributed by atoms with van der Waals surface area (Å²) in [5.74, 6) is -0.467. The number of nitrogens with two attached hydrogens (primary N) is 1. The molecule has 0 spiro atoms. The van der Waals surface area contributed by atoms with Gasteiger partial charge in [-0.05, 0) is 25.0 Å². The lowest BCUT2D eigenvalue weighted by Crippen LogP contribution is -2.22. The number of hydrogen-bond acceptors (Lipinski definition) is 2. The minimum Gasteiger partial charge on any atom is -0.393 e. The van der Waals surface area contributed by atoms with Crippen molar-refractivity contribution in [2.75, 3.05) is 5.73 Å². The van der Waals surface area contributed by atoms with Gasteiger partial charge in [0.2, 0.25) is 0 Å². The summed E-state index contributed by atoms with van der Waals surface area (Å²) in [5.41, 5.74) is 6.95. The maximum Gasteiger partial charge on any atom is 0.294 e. The van der Waals surface area contributed by atoms with Gasteiger partial charge in [0, 0.05) is 12.6 Å². The van der Waals surface area contributed by atoms with Gasteiger partial charge >= 0.3 is 0 Å². The van der Waals surface area contributed by atoms with E-state index in [-0.39, 0.29) is 22.2 Å². The van der Waals surface area contributed by atoms with Gasteiger partial charge in [0.1, 0.15) is 11.5 Å². The third-order valence-electron chi connectivity index (χ3n) is 3.21. The van der Waals surface area contributed by atoms with Crippen LogP contribution in [0.5, 0.6) is 0 Å². The quantitative estimate of drug-likeness (QED) is 0.946. The van der Waals surface area contributed by atoms with E-state index < -0.39 is 5.82 Å². The number of anilines is 1. The highest BCUT2D eigenvalue weighted by Gasteiger charge is 2.20. The van der Waals surface area contributed by atoms with E-state index in [0.717, 1.165) is 5.69 Å². The summed E-state index contributed by atoms with van der Waals surface area (Å²) in [4.78, 5) is 12.3. The first-order valence-electron chi connectivity index (χ1n) is 6.45. The predicted molar refractivity (Wildman–Crippen MR) is 79.2 cm³/mol. The Labute approximate surface area is 121 Å². The summed E-state index contributed by atoms with van der Waals surface area (Å²) in [5, 5.41) is 0.0217. The molecule has 108 valence electrons. The second-order valence-electron chi connectivity index (χ2n) is 4.88. The largest absolute Gasteiger partial charge is 0.393 e. The first-order valence-corrected chi connectivity index (χ1v) is 6.82. The molecule has 0 saturated carbocycles. The van der Waals surface area contributed by atoms with Crippen LogP contribution in [0.15, 0.2) is 23.0 Å². The summed E-state index contributed by atoms with van der Waals surface area (Å²) in [6, 6.07) is 4.26. The topological polar surface area (TPSA) is 52.9 Å². The summed E-state index contributed by atoms with van der Waals surface area (Å²) in [6.07, 6.45) is 0. The van der Waals surface area contributed by atoms with Crippen molar-refractivity contribution < 1.29 is 4.39 Å². The number of aromatic nitrogens is 2. The minimum atomic E-state index is -0.565. The van der Waals surface area contributed by atoms with Crippen LogP contribution in [0.3, 0.4) is 0 Å². The van der Waals surface area contributed by atoms with Crippen molar-refractivity contribution in [1.29, 1.82) is 0 Å². The van der Waals surface area contributed by atoms with Crippen LogP contribution in [0.2, 0.25) is 5.02 Å². The SMILES string of the molecule is CCn1c(C(C)C)c(N)c(=O)n1-c1ccc(Cl)c(F)c1. The molecule has 4 nitrogen and oxygen atoms in total. The standard InChI is InChI=1S/C14H17ClFN3O/c1-4-18-13(8(2)3)12(17)14(20)19(18)9-5-6-10(15)11(16)7-9/h5-8H,4,17H2,1-3H3. The van der Waals surface area contributed by atoms with Crippen LogP contribution >= 0.6 is 11.6 Å². The van der Waals surface area contributed by atoms with Gasteiger partial charge in [-0.3, -0.25) is 9.48 Å². The number of nitrogens with zero attached hydrogens (tertiary/aromatic N) is 2. The van der Waals surface area contributed by atoms with Crippen LogP contribution in [0, 0.1) is 5.82 Å². The zero-order valence-electron chi connectivity index (χ0n) is 11.7. The van der Waals surface area contributed by atoms with E-state index in [1.807, 2.05) is 20.8 Å². The van der Waals surface area contributed by atoms with E-state index in [1.165, 1.54) is 16.8 Å². The van der Waals surface area contributed by atoms with Gasteiger partial charge in [0.05, 0.1) is 16.4 Å². The highest BCUT2D eigenvalue weighted by molar-refractivity contribution is 6.30. The Hall–Kier alpha value is -1.75. The van der Waals surface area contributed by atoms with Crippen molar-refractivity contribution in [3.63, 3.8) is 0 Å². The number of benzene rings is 1. The molecule has 1 heterocycles. The van der Waals surface area contributed by atoms with Gasteiger partial charge in [0.25, 0.3) is 5.56 Å². The normalized spacial score (nSPS) is 11.3. The van der Waals surface area contributed by atoms with Crippen LogP contribution in [-0.4, -0.2) is 9.36 Å².